The Morgan fingerprint density at radius 1 is 1.53 bits per heavy atom. The second-order valence-corrected chi connectivity index (χ2v) is 2.70. The molecule has 82 valence electrons. The minimum absolute atomic E-state index is 0.152. The molecule has 0 aliphatic carbocycles. The smallest absolute Gasteiger partial charge is 0.338 e. The quantitative estimate of drug-likeness (QED) is 0.421. The number of carbonyl (C=O) groups excluding carboxylic acids is 1. The standard InChI is InChI=1S/C10H12FNO3/c1-2-14-5-6-15-10(13)8-3-4-12-9(11)7-8/h3-4,7H,2,5-6H2,1H3. The number of rotatable bonds is 5. The van der Waals surface area contributed by atoms with Gasteiger partial charge in [-0.3, -0.25) is 0 Å². The number of carbonyl (C=O) groups is 1. The van der Waals surface area contributed by atoms with Gasteiger partial charge in [0.1, 0.15) is 6.61 Å². The predicted octanol–water partition coefficient (Wildman–Crippen LogP) is 1.41. The maximum atomic E-state index is 12.6. The van der Waals surface area contributed by atoms with Crippen LogP contribution >= 0.6 is 0 Å². The Morgan fingerprint density at radius 3 is 3.00 bits per heavy atom. The average molecular weight is 213 g/mol. The predicted molar refractivity (Wildman–Crippen MR) is 51.0 cm³/mol. The van der Waals surface area contributed by atoms with Crippen LogP contribution in [0.4, 0.5) is 4.39 Å². The first-order valence-electron chi connectivity index (χ1n) is 4.60. The van der Waals surface area contributed by atoms with Crippen LogP contribution in [0.1, 0.15) is 17.3 Å². The summed E-state index contributed by atoms with van der Waals surface area (Å²) in [5, 5.41) is 0. The van der Waals surface area contributed by atoms with Crippen LogP contribution in [0.2, 0.25) is 0 Å². The number of esters is 1. The van der Waals surface area contributed by atoms with Crippen molar-refractivity contribution in [1.82, 2.24) is 4.98 Å². The van der Waals surface area contributed by atoms with Crippen LogP contribution in [0.15, 0.2) is 18.3 Å². The minimum atomic E-state index is -0.700. The number of nitrogens with zero attached hydrogens (tertiary/aromatic N) is 1. The van der Waals surface area contributed by atoms with Crippen molar-refractivity contribution in [1.29, 1.82) is 0 Å². The lowest BCUT2D eigenvalue weighted by molar-refractivity contribution is 0.0335. The first-order chi connectivity index (χ1) is 7.24. The fourth-order valence-corrected chi connectivity index (χ4v) is 0.950. The van der Waals surface area contributed by atoms with Gasteiger partial charge >= 0.3 is 5.97 Å². The zero-order valence-electron chi connectivity index (χ0n) is 8.40. The summed E-state index contributed by atoms with van der Waals surface area (Å²) in [5.74, 6) is -1.27. The highest BCUT2D eigenvalue weighted by Gasteiger charge is 2.07. The fraction of sp³-hybridized carbons (Fsp3) is 0.400. The van der Waals surface area contributed by atoms with Crippen molar-refractivity contribution in [2.24, 2.45) is 0 Å². The average Bonchev–Trinajstić information content (AvgIpc) is 2.24. The molecular formula is C10H12FNO3. The topological polar surface area (TPSA) is 48.4 Å². The van der Waals surface area contributed by atoms with Crippen molar-refractivity contribution in [3.63, 3.8) is 0 Å². The molecule has 1 aromatic rings. The lowest BCUT2D eigenvalue weighted by atomic mass is 10.3. The lowest BCUT2D eigenvalue weighted by Crippen LogP contribution is -2.11. The van der Waals surface area contributed by atoms with Gasteiger partial charge in [0.25, 0.3) is 0 Å². The summed E-state index contributed by atoms with van der Waals surface area (Å²) in [7, 11) is 0. The van der Waals surface area contributed by atoms with Crippen LogP contribution in [0.5, 0.6) is 0 Å². The molecule has 0 bridgehead atoms. The van der Waals surface area contributed by atoms with Gasteiger partial charge in [-0.15, -0.1) is 0 Å². The lowest BCUT2D eigenvalue weighted by Gasteiger charge is -2.04. The number of hydrogen-bond donors (Lipinski definition) is 0. The van der Waals surface area contributed by atoms with Gasteiger partial charge in [0, 0.05) is 18.9 Å². The van der Waals surface area contributed by atoms with Crippen LogP contribution in [0, 0.1) is 5.95 Å². The van der Waals surface area contributed by atoms with Gasteiger partial charge in [-0.2, -0.15) is 4.39 Å². The van der Waals surface area contributed by atoms with E-state index in [1.54, 1.807) is 0 Å². The zero-order valence-corrected chi connectivity index (χ0v) is 8.40. The van der Waals surface area contributed by atoms with Crippen molar-refractivity contribution < 1.29 is 18.7 Å². The molecule has 1 rings (SSSR count). The SMILES string of the molecule is CCOCCOC(=O)c1ccnc(F)c1. The molecule has 0 unspecified atom stereocenters. The van der Waals surface area contributed by atoms with Gasteiger partial charge in [0.2, 0.25) is 5.95 Å². The summed E-state index contributed by atoms with van der Waals surface area (Å²) < 4.78 is 22.4. The van der Waals surface area contributed by atoms with E-state index in [1.807, 2.05) is 6.92 Å². The number of halogens is 1. The Labute approximate surface area is 87.0 Å². The van der Waals surface area contributed by atoms with E-state index in [0.29, 0.717) is 13.2 Å². The Hall–Kier alpha value is -1.49. The first kappa shape index (κ1) is 11.6. The summed E-state index contributed by atoms with van der Waals surface area (Å²) in [6.07, 6.45) is 1.22. The summed E-state index contributed by atoms with van der Waals surface area (Å²) in [5.41, 5.74) is 0.152. The van der Waals surface area contributed by atoms with E-state index in [1.165, 1.54) is 12.3 Å². The molecule has 0 aromatic carbocycles. The third-order valence-electron chi connectivity index (χ3n) is 1.63. The summed E-state index contributed by atoms with van der Waals surface area (Å²) in [6.45, 7) is 2.92. The highest BCUT2D eigenvalue weighted by Crippen LogP contribution is 2.02. The second kappa shape index (κ2) is 6.08. The summed E-state index contributed by atoms with van der Waals surface area (Å²) in [6, 6.07) is 2.43. The van der Waals surface area contributed by atoms with E-state index in [4.69, 9.17) is 9.47 Å². The molecule has 5 heteroatoms. The van der Waals surface area contributed by atoms with E-state index in [-0.39, 0.29) is 12.2 Å². The van der Waals surface area contributed by atoms with Crippen molar-refractivity contribution >= 4 is 5.97 Å². The Kier molecular flexibility index (Phi) is 4.70. The molecular weight excluding hydrogens is 201 g/mol. The third-order valence-corrected chi connectivity index (χ3v) is 1.63. The molecule has 4 nitrogen and oxygen atoms in total. The molecule has 1 aromatic heterocycles. The van der Waals surface area contributed by atoms with E-state index < -0.39 is 11.9 Å². The molecule has 0 saturated carbocycles. The molecule has 0 aliphatic rings. The molecule has 0 aliphatic heterocycles. The maximum Gasteiger partial charge on any atom is 0.338 e. The number of pyridine rings is 1. The number of aromatic nitrogens is 1. The molecule has 0 atom stereocenters. The van der Waals surface area contributed by atoms with Gasteiger partial charge < -0.3 is 9.47 Å². The molecule has 1 heterocycles. The van der Waals surface area contributed by atoms with Crippen molar-refractivity contribution in [3.05, 3.63) is 29.8 Å². The molecule has 0 amide bonds. The largest absolute Gasteiger partial charge is 0.460 e. The van der Waals surface area contributed by atoms with Gasteiger partial charge in [-0.05, 0) is 13.0 Å². The summed E-state index contributed by atoms with van der Waals surface area (Å²) in [4.78, 5) is 14.6. The highest BCUT2D eigenvalue weighted by molar-refractivity contribution is 5.89. The molecule has 0 fully saturated rings. The first-order valence-corrected chi connectivity index (χ1v) is 4.60. The van der Waals surface area contributed by atoms with Crippen molar-refractivity contribution in [2.75, 3.05) is 19.8 Å². The molecule has 0 saturated heterocycles. The third kappa shape index (κ3) is 4.03. The van der Waals surface area contributed by atoms with Crippen LogP contribution in [0.3, 0.4) is 0 Å². The fourth-order valence-electron chi connectivity index (χ4n) is 0.950. The normalized spacial score (nSPS) is 10.0. The van der Waals surface area contributed by atoms with Crippen LogP contribution in [-0.2, 0) is 9.47 Å². The van der Waals surface area contributed by atoms with E-state index in [9.17, 15) is 9.18 Å². The summed E-state index contributed by atoms with van der Waals surface area (Å²) >= 11 is 0. The Balaban J connectivity index is 2.40. The van der Waals surface area contributed by atoms with Crippen LogP contribution < -0.4 is 0 Å². The Morgan fingerprint density at radius 2 is 2.33 bits per heavy atom. The zero-order chi connectivity index (χ0) is 11.1. The Bertz CT molecular complexity index is 330. The van der Waals surface area contributed by atoms with E-state index >= 15 is 0 Å². The maximum absolute atomic E-state index is 12.6. The number of hydrogen-bond acceptors (Lipinski definition) is 4. The monoisotopic (exact) mass is 213 g/mol. The number of ether oxygens (including phenoxy) is 2. The molecule has 0 spiro atoms. The van der Waals surface area contributed by atoms with Crippen molar-refractivity contribution in [3.8, 4) is 0 Å². The van der Waals surface area contributed by atoms with Gasteiger partial charge in [-0.25, -0.2) is 9.78 Å². The van der Waals surface area contributed by atoms with Gasteiger partial charge in [-0.1, -0.05) is 0 Å². The van der Waals surface area contributed by atoms with Crippen molar-refractivity contribution in [2.45, 2.75) is 6.92 Å². The van der Waals surface area contributed by atoms with Gasteiger partial charge in [0.05, 0.1) is 12.2 Å². The molecule has 0 N–H and O–H groups in total. The molecule has 15 heavy (non-hydrogen) atoms. The van der Waals surface area contributed by atoms with Gasteiger partial charge in [0.15, 0.2) is 0 Å². The minimum Gasteiger partial charge on any atom is -0.460 e. The second-order valence-electron chi connectivity index (χ2n) is 2.70. The van der Waals surface area contributed by atoms with E-state index in [2.05, 4.69) is 4.98 Å². The van der Waals surface area contributed by atoms with E-state index in [0.717, 1.165) is 6.07 Å². The molecule has 0 radical (unpaired) electrons. The highest BCUT2D eigenvalue weighted by atomic mass is 19.1. The van der Waals surface area contributed by atoms with Crippen LogP contribution in [0.25, 0.3) is 0 Å². The van der Waals surface area contributed by atoms with Crippen LogP contribution in [-0.4, -0.2) is 30.8 Å².